The van der Waals surface area contributed by atoms with Crippen molar-refractivity contribution in [2.75, 3.05) is 18.4 Å². The van der Waals surface area contributed by atoms with Crippen LogP contribution in [0.15, 0.2) is 12.4 Å². The third-order valence-electron chi connectivity index (χ3n) is 3.20. The Morgan fingerprint density at radius 1 is 1.24 bits per heavy atom. The van der Waals surface area contributed by atoms with Crippen molar-refractivity contribution in [3.63, 3.8) is 0 Å². The molecule has 10 heteroatoms. The fourth-order valence-corrected chi connectivity index (χ4v) is 3.02. The summed E-state index contributed by atoms with van der Waals surface area (Å²) in [5.74, 6) is 0.387. The number of nitrogens with zero attached hydrogens (tertiary/aromatic N) is 3. The van der Waals surface area contributed by atoms with Crippen LogP contribution in [0.5, 0.6) is 0 Å². The number of halogens is 3. The number of aryl methyl sites for hydroxylation is 1. The Labute approximate surface area is 120 Å². The average Bonchev–Trinajstić information content (AvgIpc) is 2.41. The predicted octanol–water partition coefficient (Wildman–Crippen LogP) is 1.51. The van der Waals surface area contributed by atoms with Gasteiger partial charge >= 0.3 is 15.5 Å². The monoisotopic (exact) mass is 324 g/mol. The van der Waals surface area contributed by atoms with E-state index < -0.39 is 15.5 Å². The normalized spacial score (nSPS) is 18.7. The molecule has 0 unspecified atom stereocenters. The van der Waals surface area contributed by atoms with Crippen molar-refractivity contribution < 1.29 is 21.6 Å². The Balaban J connectivity index is 1.93. The Morgan fingerprint density at radius 2 is 1.76 bits per heavy atom. The number of piperidine rings is 1. The molecule has 21 heavy (non-hydrogen) atoms. The van der Waals surface area contributed by atoms with Gasteiger partial charge in [-0.05, 0) is 25.3 Å². The highest BCUT2D eigenvalue weighted by Crippen LogP contribution is 2.29. The van der Waals surface area contributed by atoms with E-state index in [0.717, 1.165) is 5.56 Å². The Morgan fingerprint density at radius 3 is 2.24 bits per heavy atom. The van der Waals surface area contributed by atoms with Gasteiger partial charge in [0.15, 0.2) is 0 Å². The predicted molar refractivity (Wildman–Crippen MR) is 70.0 cm³/mol. The second kappa shape index (κ2) is 5.76. The van der Waals surface area contributed by atoms with Crippen molar-refractivity contribution in [3.8, 4) is 0 Å². The van der Waals surface area contributed by atoms with Gasteiger partial charge in [-0.25, -0.2) is 18.4 Å². The fourth-order valence-electron chi connectivity index (χ4n) is 2.04. The van der Waals surface area contributed by atoms with Crippen molar-refractivity contribution in [2.24, 2.45) is 0 Å². The number of hydrogen-bond acceptors (Lipinski definition) is 5. The molecule has 0 radical (unpaired) electrons. The van der Waals surface area contributed by atoms with Crippen LogP contribution in [0.1, 0.15) is 18.4 Å². The van der Waals surface area contributed by atoms with E-state index in [2.05, 4.69) is 15.3 Å². The first-order valence-corrected chi connectivity index (χ1v) is 7.76. The maximum absolute atomic E-state index is 12.4. The van der Waals surface area contributed by atoms with Gasteiger partial charge in [0.2, 0.25) is 5.95 Å². The van der Waals surface area contributed by atoms with Crippen LogP contribution in [0.4, 0.5) is 19.1 Å². The van der Waals surface area contributed by atoms with Crippen molar-refractivity contribution in [3.05, 3.63) is 18.0 Å². The second-order valence-electron chi connectivity index (χ2n) is 4.85. The van der Waals surface area contributed by atoms with Gasteiger partial charge in [0, 0.05) is 31.5 Å². The number of nitrogens with one attached hydrogen (secondary N) is 1. The minimum absolute atomic E-state index is 0.146. The fraction of sp³-hybridized carbons (Fsp3) is 0.636. The molecular weight excluding hydrogens is 309 g/mol. The van der Waals surface area contributed by atoms with E-state index in [0.29, 0.717) is 10.3 Å². The molecule has 6 nitrogen and oxygen atoms in total. The first-order valence-electron chi connectivity index (χ1n) is 6.32. The van der Waals surface area contributed by atoms with E-state index >= 15 is 0 Å². The van der Waals surface area contributed by atoms with Crippen molar-refractivity contribution in [1.82, 2.24) is 14.3 Å². The summed E-state index contributed by atoms with van der Waals surface area (Å²) in [7, 11) is -5.23. The van der Waals surface area contributed by atoms with E-state index in [-0.39, 0.29) is 32.0 Å². The molecule has 0 bridgehead atoms. The summed E-state index contributed by atoms with van der Waals surface area (Å²) >= 11 is 0. The second-order valence-corrected chi connectivity index (χ2v) is 6.78. The average molecular weight is 324 g/mol. The molecule has 1 saturated heterocycles. The molecule has 0 atom stereocenters. The SMILES string of the molecule is Cc1cnc(NC2CCN(S(=O)(=O)C(F)(F)F)CC2)nc1. The Hall–Kier alpha value is -1.42. The van der Waals surface area contributed by atoms with Crippen molar-refractivity contribution >= 4 is 16.0 Å². The summed E-state index contributed by atoms with van der Waals surface area (Å²) in [6.45, 7) is 1.49. The van der Waals surface area contributed by atoms with Gasteiger partial charge in [-0.2, -0.15) is 17.5 Å². The quantitative estimate of drug-likeness (QED) is 0.912. The van der Waals surface area contributed by atoms with E-state index in [4.69, 9.17) is 0 Å². The maximum Gasteiger partial charge on any atom is 0.511 e. The maximum atomic E-state index is 12.4. The summed E-state index contributed by atoms with van der Waals surface area (Å²) < 4.78 is 60.3. The highest BCUT2D eigenvalue weighted by Gasteiger charge is 2.50. The van der Waals surface area contributed by atoms with Gasteiger partial charge in [-0.15, -0.1) is 0 Å². The van der Waals surface area contributed by atoms with Crippen LogP contribution in [-0.2, 0) is 10.0 Å². The molecule has 0 amide bonds. The smallest absolute Gasteiger partial charge is 0.351 e. The number of aromatic nitrogens is 2. The molecule has 1 fully saturated rings. The van der Waals surface area contributed by atoms with Crippen LogP contribution in [0, 0.1) is 6.92 Å². The number of rotatable bonds is 3. The zero-order valence-corrected chi connectivity index (χ0v) is 12.1. The molecule has 2 rings (SSSR count). The number of alkyl halides is 3. The van der Waals surface area contributed by atoms with Gasteiger partial charge < -0.3 is 5.32 Å². The summed E-state index contributed by atoms with van der Waals surface area (Å²) in [4.78, 5) is 8.09. The van der Waals surface area contributed by atoms with Crippen LogP contribution < -0.4 is 5.32 Å². The van der Waals surface area contributed by atoms with Crippen LogP contribution >= 0.6 is 0 Å². The van der Waals surface area contributed by atoms with Crippen LogP contribution in [-0.4, -0.2) is 47.3 Å². The largest absolute Gasteiger partial charge is 0.511 e. The van der Waals surface area contributed by atoms with Gasteiger partial charge in [-0.1, -0.05) is 0 Å². The minimum atomic E-state index is -5.24. The zero-order chi connectivity index (χ0) is 15.7. The lowest BCUT2D eigenvalue weighted by atomic mass is 10.1. The van der Waals surface area contributed by atoms with Gasteiger partial charge in [0.1, 0.15) is 0 Å². The molecule has 1 N–H and O–H groups in total. The summed E-state index contributed by atoms with van der Waals surface area (Å²) in [5, 5.41) is 2.99. The molecule has 1 aromatic rings. The lowest BCUT2D eigenvalue weighted by molar-refractivity contribution is -0.0494. The van der Waals surface area contributed by atoms with Gasteiger partial charge in [0.05, 0.1) is 0 Å². The zero-order valence-electron chi connectivity index (χ0n) is 11.3. The highest BCUT2D eigenvalue weighted by atomic mass is 32.2. The topological polar surface area (TPSA) is 75.2 Å². The Bertz CT molecular complexity index is 580. The number of hydrogen-bond donors (Lipinski definition) is 1. The minimum Gasteiger partial charge on any atom is -0.351 e. The standard InChI is InChI=1S/C11H15F3N4O2S/c1-8-6-15-10(16-7-8)17-9-2-4-18(5-3-9)21(19,20)11(12,13)14/h6-7,9H,2-5H2,1H3,(H,15,16,17). The molecule has 1 aliphatic heterocycles. The van der Waals surface area contributed by atoms with E-state index in [9.17, 15) is 21.6 Å². The first kappa shape index (κ1) is 16.0. The molecule has 0 saturated carbocycles. The molecule has 2 heterocycles. The molecule has 1 aliphatic rings. The summed E-state index contributed by atoms with van der Waals surface area (Å²) in [6.07, 6.45) is 3.79. The lowest BCUT2D eigenvalue weighted by Crippen LogP contribution is -2.47. The van der Waals surface area contributed by atoms with E-state index in [1.807, 2.05) is 6.92 Å². The third kappa shape index (κ3) is 3.62. The summed E-state index contributed by atoms with van der Waals surface area (Å²) in [5.41, 5.74) is -4.35. The molecule has 1 aromatic heterocycles. The van der Waals surface area contributed by atoms with Crippen LogP contribution in [0.2, 0.25) is 0 Å². The number of anilines is 1. The van der Waals surface area contributed by atoms with Crippen LogP contribution in [0.3, 0.4) is 0 Å². The van der Waals surface area contributed by atoms with Crippen molar-refractivity contribution in [2.45, 2.75) is 31.3 Å². The Kier molecular flexibility index (Phi) is 4.38. The summed E-state index contributed by atoms with van der Waals surface area (Å²) in [6, 6.07) is -0.146. The van der Waals surface area contributed by atoms with Gasteiger partial charge in [0.25, 0.3) is 0 Å². The number of sulfonamides is 1. The molecular formula is C11H15F3N4O2S. The molecule has 0 aromatic carbocycles. The van der Waals surface area contributed by atoms with Crippen molar-refractivity contribution in [1.29, 1.82) is 0 Å². The molecule has 0 aliphatic carbocycles. The highest BCUT2D eigenvalue weighted by molar-refractivity contribution is 7.90. The van der Waals surface area contributed by atoms with E-state index in [1.54, 1.807) is 12.4 Å². The van der Waals surface area contributed by atoms with Crippen LogP contribution in [0.25, 0.3) is 0 Å². The first-order chi connectivity index (χ1) is 9.70. The van der Waals surface area contributed by atoms with E-state index in [1.165, 1.54) is 0 Å². The third-order valence-corrected chi connectivity index (χ3v) is 4.83. The molecule has 0 spiro atoms. The lowest BCUT2D eigenvalue weighted by Gasteiger charge is -2.31. The molecule has 118 valence electrons. The van der Waals surface area contributed by atoms with Gasteiger partial charge in [-0.3, -0.25) is 0 Å².